The van der Waals surface area contributed by atoms with Crippen molar-refractivity contribution in [2.24, 2.45) is 0 Å². The quantitative estimate of drug-likeness (QED) is 0.0839. The van der Waals surface area contributed by atoms with Crippen LogP contribution in [0.15, 0.2) is 42.5 Å². The highest BCUT2D eigenvalue weighted by molar-refractivity contribution is 5.76. The zero-order valence-corrected chi connectivity index (χ0v) is 24.9. The fourth-order valence-corrected chi connectivity index (χ4v) is 4.72. The predicted molar refractivity (Wildman–Crippen MR) is 162 cm³/mol. The van der Waals surface area contributed by atoms with E-state index in [2.05, 4.69) is 74.1 Å². The fourth-order valence-electron chi connectivity index (χ4n) is 4.72. The minimum Gasteiger partial charge on any atom is -0.356 e. The predicted octanol–water partition coefficient (Wildman–Crippen LogP) is 7.31. The van der Waals surface area contributed by atoms with E-state index in [0.29, 0.717) is 12.8 Å². The molecule has 0 spiro atoms. The average molecular weight is 529 g/mol. The number of hydrogen-bond acceptors (Lipinski definition) is 2. The molecule has 5 nitrogen and oxygen atoms in total. The fraction of sp³-hybridized carbons (Fsp3) is 0.697. The first kappa shape index (κ1) is 33.9. The smallest absolute Gasteiger partial charge is 0.219 e. The molecule has 1 aromatic carbocycles. The van der Waals surface area contributed by atoms with Crippen LogP contribution in [0.25, 0.3) is 0 Å². The van der Waals surface area contributed by atoms with E-state index in [1.165, 1.54) is 56.9 Å². The second kappa shape index (κ2) is 22.8. The van der Waals surface area contributed by atoms with Crippen LogP contribution in [0.4, 0.5) is 0 Å². The van der Waals surface area contributed by atoms with Crippen molar-refractivity contribution in [2.75, 3.05) is 33.7 Å². The molecular weight excluding hydrogens is 470 g/mol. The number of unbranched alkanes of at least 4 members (excludes halogenated alkanes) is 10. The number of carbonyl (C=O) groups excluding carboxylic acids is 2. The summed E-state index contributed by atoms with van der Waals surface area (Å²) >= 11 is 0. The summed E-state index contributed by atoms with van der Waals surface area (Å²) in [5, 5.41) is 6.04. The lowest BCUT2D eigenvalue weighted by molar-refractivity contribution is -0.903. The van der Waals surface area contributed by atoms with E-state index in [0.717, 1.165) is 69.2 Å². The Labute approximate surface area is 234 Å². The highest BCUT2D eigenvalue weighted by Gasteiger charge is 2.15. The maximum absolute atomic E-state index is 12.1. The molecule has 0 bridgehead atoms. The number of rotatable bonds is 24. The molecule has 0 heterocycles. The number of nitrogens with one attached hydrogen (secondary N) is 2. The molecule has 0 saturated heterocycles. The Morgan fingerprint density at radius 1 is 0.684 bits per heavy atom. The third-order valence-corrected chi connectivity index (χ3v) is 7.00. The minimum atomic E-state index is 0.207. The van der Waals surface area contributed by atoms with Crippen molar-refractivity contribution < 1.29 is 14.1 Å². The molecule has 0 aliphatic rings. The van der Waals surface area contributed by atoms with Crippen molar-refractivity contribution in [1.82, 2.24) is 10.6 Å². The van der Waals surface area contributed by atoms with Gasteiger partial charge >= 0.3 is 0 Å². The van der Waals surface area contributed by atoms with Gasteiger partial charge in [-0.1, -0.05) is 87.9 Å². The third-order valence-electron chi connectivity index (χ3n) is 7.00. The summed E-state index contributed by atoms with van der Waals surface area (Å²) < 4.78 is 0.941. The van der Waals surface area contributed by atoms with Crippen LogP contribution in [-0.2, 0) is 16.1 Å². The maximum Gasteiger partial charge on any atom is 0.219 e. The Kier molecular flexibility index (Phi) is 20.3. The second-order valence-corrected chi connectivity index (χ2v) is 11.4. The van der Waals surface area contributed by atoms with E-state index in [1.807, 2.05) is 0 Å². The van der Waals surface area contributed by atoms with Crippen LogP contribution < -0.4 is 10.6 Å². The van der Waals surface area contributed by atoms with Crippen LogP contribution in [0.1, 0.15) is 115 Å². The molecule has 1 aromatic rings. The lowest BCUT2D eigenvalue weighted by Crippen LogP contribution is -2.41. The number of amides is 2. The summed E-state index contributed by atoms with van der Waals surface area (Å²) in [5.41, 5.74) is 1.36. The van der Waals surface area contributed by atoms with Gasteiger partial charge in [-0.2, -0.15) is 0 Å². The van der Waals surface area contributed by atoms with Gasteiger partial charge < -0.3 is 15.1 Å². The van der Waals surface area contributed by atoms with Gasteiger partial charge in [0.05, 0.1) is 20.6 Å². The van der Waals surface area contributed by atoms with Crippen molar-refractivity contribution in [3.8, 4) is 0 Å². The van der Waals surface area contributed by atoms with E-state index in [-0.39, 0.29) is 11.8 Å². The van der Waals surface area contributed by atoms with E-state index in [9.17, 15) is 9.59 Å². The highest BCUT2D eigenvalue weighted by Crippen LogP contribution is 2.11. The van der Waals surface area contributed by atoms with E-state index < -0.39 is 0 Å². The summed E-state index contributed by atoms with van der Waals surface area (Å²) in [6, 6.07) is 10.6. The van der Waals surface area contributed by atoms with Crippen LogP contribution in [0, 0.1) is 0 Å². The molecule has 216 valence electrons. The summed E-state index contributed by atoms with van der Waals surface area (Å²) in [4.78, 5) is 23.6. The van der Waals surface area contributed by atoms with Crippen molar-refractivity contribution in [3.63, 3.8) is 0 Å². The molecule has 2 amide bonds. The Morgan fingerprint density at radius 3 is 1.74 bits per heavy atom. The van der Waals surface area contributed by atoms with Gasteiger partial charge in [0.25, 0.3) is 0 Å². The lowest BCUT2D eigenvalue weighted by Gasteiger charge is -2.30. The Bertz CT molecular complexity index is 746. The van der Waals surface area contributed by atoms with Crippen LogP contribution >= 0.6 is 0 Å². The van der Waals surface area contributed by atoms with Crippen molar-refractivity contribution in [2.45, 2.75) is 116 Å². The van der Waals surface area contributed by atoms with Gasteiger partial charge in [-0.25, -0.2) is 0 Å². The van der Waals surface area contributed by atoms with Gasteiger partial charge in [0.15, 0.2) is 0 Å². The van der Waals surface area contributed by atoms with Gasteiger partial charge in [0.1, 0.15) is 6.54 Å². The maximum atomic E-state index is 12.1. The first-order chi connectivity index (χ1) is 18.4. The first-order valence-electron chi connectivity index (χ1n) is 15.5. The topological polar surface area (TPSA) is 58.2 Å². The molecule has 0 aliphatic heterocycles. The molecule has 0 atom stereocenters. The number of nitrogens with zero attached hydrogens (tertiary/aromatic N) is 1. The zero-order valence-electron chi connectivity index (χ0n) is 24.9. The van der Waals surface area contributed by atoms with Crippen molar-refractivity contribution >= 4 is 11.8 Å². The molecule has 38 heavy (non-hydrogen) atoms. The van der Waals surface area contributed by atoms with Crippen LogP contribution in [0.2, 0.25) is 0 Å². The van der Waals surface area contributed by atoms with Crippen LogP contribution in [0.3, 0.4) is 0 Å². The normalized spacial score (nSPS) is 11.7. The zero-order chi connectivity index (χ0) is 27.7. The van der Waals surface area contributed by atoms with Gasteiger partial charge in [-0.15, -0.1) is 0 Å². The molecular formula is C33H58N3O2+. The largest absolute Gasteiger partial charge is 0.356 e. The highest BCUT2D eigenvalue weighted by atomic mass is 16.2. The van der Waals surface area contributed by atoms with Gasteiger partial charge in [0, 0.05) is 37.9 Å². The molecule has 0 aromatic heterocycles. The van der Waals surface area contributed by atoms with Gasteiger partial charge in [-0.3, -0.25) is 9.59 Å². The average Bonchev–Trinajstić information content (AvgIpc) is 2.90. The third kappa shape index (κ3) is 20.9. The first-order valence-corrected chi connectivity index (χ1v) is 15.5. The summed E-state index contributed by atoms with van der Waals surface area (Å²) in [6.07, 6.45) is 22.2. The van der Waals surface area contributed by atoms with Crippen LogP contribution in [-0.4, -0.2) is 50.0 Å². The van der Waals surface area contributed by atoms with Gasteiger partial charge in [0.2, 0.25) is 11.8 Å². The van der Waals surface area contributed by atoms with Gasteiger partial charge in [-0.05, 0) is 44.9 Å². The number of hydrogen-bond donors (Lipinski definition) is 2. The number of quaternary nitrogens is 1. The Hall–Kier alpha value is -2.14. The number of benzene rings is 1. The molecule has 0 radical (unpaired) electrons. The molecule has 0 unspecified atom stereocenters. The van der Waals surface area contributed by atoms with Crippen molar-refractivity contribution in [1.29, 1.82) is 0 Å². The van der Waals surface area contributed by atoms with E-state index >= 15 is 0 Å². The molecule has 1 rings (SSSR count). The van der Waals surface area contributed by atoms with Crippen LogP contribution in [0.5, 0.6) is 0 Å². The molecule has 0 saturated carbocycles. The second-order valence-electron chi connectivity index (χ2n) is 11.4. The Morgan fingerprint density at radius 2 is 1.18 bits per heavy atom. The summed E-state index contributed by atoms with van der Waals surface area (Å²) in [6.45, 7) is 5.74. The molecule has 0 fully saturated rings. The van der Waals surface area contributed by atoms with E-state index in [4.69, 9.17) is 0 Å². The van der Waals surface area contributed by atoms with Crippen molar-refractivity contribution in [3.05, 3.63) is 48.0 Å². The number of carbonyl (C=O) groups is 2. The Balaban J connectivity index is 1.85. The monoisotopic (exact) mass is 528 g/mol. The minimum absolute atomic E-state index is 0.207. The summed E-state index contributed by atoms with van der Waals surface area (Å²) in [7, 11) is 4.51. The lowest BCUT2D eigenvalue weighted by atomic mass is 10.1. The SMILES string of the molecule is CCCNC(=O)CCCCCCC/C=C/CCCCCCCC(=O)NCCC[N+](C)(C)Cc1ccccc1. The molecule has 0 aliphatic carbocycles. The number of allylic oxidation sites excluding steroid dienone is 2. The molecule has 5 heteroatoms. The summed E-state index contributed by atoms with van der Waals surface area (Å²) in [5.74, 6) is 0.416. The standard InChI is InChI=1S/C33H57N3O2/c1-4-27-34-32(37)25-20-15-13-11-9-7-5-6-8-10-12-14-16-21-26-33(38)35-28-22-29-36(2,3)30-31-23-18-17-19-24-31/h5-6,17-19,23-24H,4,7-16,20-22,25-30H2,1-3H3,(H-,34,35,37,38)/p+1/b6-5+. The van der Waals surface area contributed by atoms with E-state index in [1.54, 1.807) is 0 Å². The molecule has 2 N–H and O–H groups in total.